The zero-order valence-corrected chi connectivity index (χ0v) is 18.4. The summed E-state index contributed by atoms with van der Waals surface area (Å²) in [6.45, 7) is 3.28. The Bertz CT molecular complexity index is 1390. The first-order valence-electron chi connectivity index (χ1n) is 11.4. The van der Waals surface area contributed by atoms with Crippen LogP contribution in [-0.2, 0) is 0 Å². The Morgan fingerprint density at radius 3 is 2.29 bits per heavy atom. The number of anilines is 2. The van der Waals surface area contributed by atoms with Gasteiger partial charge in [0.2, 0.25) is 11.7 Å². The maximum absolute atomic E-state index is 15.4. The molecule has 2 aliphatic heterocycles. The number of aromatic amines is 1. The second kappa shape index (κ2) is 8.16. The third kappa shape index (κ3) is 3.39. The van der Waals surface area contributed by atoms with Crippen molar-refractivity contribution in [3.63, 3.8) is 0 Å². The average Bonchev–Trinajstić information content (AvgIpc) is 3.48. The van der Waals surface area contributed by atoms with Gasteiger partial charge in [-0.1, -0.05) is 0 Å². The first-order chi connectivity index (χ1) is 16.6. The van der Waals surface area contributed by atoms with E-state index in [0.29, 0.717) is 35.6 Å². The van der Waals surface area contributed by atoms with Crippen LogP contribution in [0.15, 0.2) is 43.0 Å². The summed E-state index contributed by atoms with van der Waals surface area (Å²) in [5.41, 5.74) is 1.80. The van der Waals surface area contributed by atoms with Crippen molar-refractivity contribution in [3.8, 4) is 11.1 Å². The van der Waals surface area contributed by atoms with E-state index in [0.717, 1.165) is 37.9 Å². The molecule has 0 unspecified atom stereocenters. The minimum atomic E-state index is -0.876. The lowest BCUT2D eigenvalue weighted by atomic mass is 10.00. The van der Waals surface area contributed by atoms with Crippen LogP contribution in [0.4, 0.5) is 20.4 Å². The Balaban J connectivity index is 1.37. The number of H-pyrrole nitrogens is 1. The smallest absolute Gasteiger partial charge is 0.225 e. The van der Waals surface area contributed by atoms with Crippen LogP contribution in [0.3, 0.4) is 0 Å². The fourth-order valence-electron chi connectivity index (χ4n) is 4.59. The molecular formula is C25H22F2N6O. The van der Waals surface area contributed by atoms with Crippen LogP contribution in [0, 0.1) is 11.6 Å². The van der Waals surface area contributed by atoms with Gasteiger partial charge in [-0.05, 0) is 37.5 Å². The van der Waals surface area contributed by atoms with Crippen LogP contribution in [0.5, 0.6) is 0 Å². The van der Waals surface area contributed by atoms with Gasteiger partial charge < -0.3 is 14.8 Å². The Morgan fingerprint density at radius 2 is 1.59 bits per heavy atom. The minimum absolute atomic E-state index is 0.166. The molecule has 172 valence electrons. The van der Waals surface area contributed by atoms with Gasteiger partial charge in [0.05, 0.1) is 11.3 Å². The summed E-state index contributed by atoms with van der Waals surface area (Å²) in [5.74, 6) is -1.73. The fourth-order valence-corrected chi connectivity index (χ4v) is 4.59. The average molecular weight is 460 g/mol. The number of carbonyl (C=O) groups excluding carboxylic acids is 1. The topological polar surface area (TPSA) is 78.0 Å². The number of benzene rings is 1. The number of hydrogen-bond donors (Lipinski definition) is 1. The number of halogens is 2. The van der Waals surface area contributed by atoms with Crippen molar-refractivity contribution in [2.75, 3.05) is 36.0 Å². The number of hydrogen-bond acceptors (Lipinski definition) is 6. The standard InChI is InChI=1S/C25H22F2N6O/c26-19-4-5-20(32-6-1-2-7-32)22(27)21(19)23(34)18-14-29-24-17(18)10-15(11-28-24)16-12-30-25(31-13-16)33-8-3-9-33/h4-5,10-14H,1-3,6-9H2,(H,28,29). The zero-order chi connectivity index (χ0) is 23.2. The molecule has 3 aromatic heterocycles. The highest BCUT2D eigenvalue weighted by Gasteiger charge is 2.27. The van der Waals surface area contributed by atoms with E-state index < -0.39 is 23.0 Å². The van der Waals surface area contributed by atoms with Crippen molar-refractivity contribution in [1.29, 1.82) is 0 Å². The van der Waals surface area contributed by atoms with Crippen molar-refractivity contribution < 1.29 is 13.6 Å². The van der Waals surface area contributed by atoms with Gasteiger partial charge >= 0.3 is 0 Å². The molecule has 0 spiro atoms. The van der Waals surface area contributed by atoms with Gasteiger partial charge in [0.1, 0.15) is 11.5 Å². The molecule has 2 saturated heterocycles. The largest absolute Gasteiger partial charge is 0.369 e. The molecule has 0 saturated carbocycles. The number of rotatable bonds is 5. The highest BCUT2D eigenvalue weighted by Crippen LogP contribution is 2.31. The zero-order valence-electron chi connectivity index (χ0n) is 18.4. The van der Waals surface area contributed by atoms with Crippen molar-refractivity contribution in [2.24, 2.45) is 0 Å². The predicted octanol–water partition coefficient (Wildman–Crippen LogP) is 4.34. The maximum atomic E-state index is 15.4. The van der Waals surface area contributed by atoms with Gasteiger partial charge in [0.25, 0.3) is 0 Å². The molecular weight excluding hydrogens is 438 g/mol. The van der Waals surface area contributed by atoms with Crippen LogP contribution >= 0.6 is 0 Å². The van der Waals surface area contributed by atoms with Crippen LogP contribution < -0.4 is 9.80 Å². The molecule has 0 amide bonds. The number of pyridine rings is 1. The third-order valence-electron chi connectivity index (χ3n) is 6.63. The number of aromatic nitrogens is 4. The van der Waals surface area contributed by atoms with E-state index in [4.69, 9.17) is 0 Å². The van der Waals surface area contributed by atoms with Gasteiger partial charge in [0, 0.05) is 73.0 Å². The predicted molar refractivity (Wildman–Crippen MR) is 125 cm³/mol. The normalized spacial score (nSPS) is 15.7. The van der Waals surface area contributed by atoms with Gasteiger partial charge in [0.15, 0.2) is 5.82 Å². The Kier molecular flexibility index (Phi) is 4.97. The summed E-state index contributed by atoms with van der Waals surface area (Å²) < 4.78 is 30.1. The lowest BCUT2D eigenvalue weighted by molar-refractivity contribution is 0.103. The number of fused-ring (bicyclic) bond motifs is 1. The summed E-state index contributed by atoms with van der Waals surface area (Å²) in [7, 11) is 0. The lowest BCUT2D eigenvalue weighted by Gasteiger charge is -2.30. The lowest BCUT2D eigenvalue weighted by Crippen LogP contribution is -2.38. The molecule has 5 heterocycles. The molecule has 7 nitrogen and oxygen atoms in total. The van der Waals surface area contributed by atoms with E-state index in [1.54, 1.807) is 24.7 Å². The van der Waals surface area contributed by atoms with Crippen molar-refractivity contribution in [2.45, 2.75) is 19.3 Å². The third-order valence-corrected chi connectivity index (χ3v) is 6.63. The number of ketones is 1. The molecule has 0 aliphatic carbocycles. The van der Waals surface area contributed by atoms with Crippen LogP contribution in [0.1, 0.15) is 35.2 Å². The van der Waals surface area contributed by atoms with E-state index >= 15 is 4.39 Å². The van der Waals surface area contributed by atoms with Crippen molar-refractivity contribution in [1.82, 2.24) is 19.9 Å². The first-order valence-corrected chi connectivity index (χ1v) is 11.4. The molecule has 0 radical (unpaired) electrons. The van der Waals surface area contributed by atoms with Gasteiger partial charge in [-0.3, -0.25) is 4.79 Å². The van der Waals surface area contributed by atoms with Crippen molar-refractivity contribution in [3.05, 3.63) is 65.7 Å². The highest BCUT2D eigenvalue weighted by atomic mass is 19.1. The second-order valence-electron chi connectivity index (χ2n) is 8.71. The maximum Gasteiger partial charge on any atom is 0.225 e. The molecule has 2 aliphatic rings. The van der Waals surface area contributed by atoms with Gasteiger partial charge in [-0.25, -0.2) is 23.7 Å². The van der Waals surface area contributed by atoms with E-state index in [1.807, 2.05) is 4.90 Å². The summed E-state index contributed by atoms with van der Waals surface area (Å²) in [6, 6.07) is 4.35. The molecule has 6 rings (SSSR count). The van der Waals surface area contributed by atoms with E-state index in [2.05, 4.69) is 24.8 Å². The Morgan fingerprint density at radius 1 is 0.882 bits per heavy atom. The molecule has 1 aromatic carbocycles. The summed E-state index contributed by atoms with van der Waals surface area (Å²) in [6.07, 6.45) is 9.57. The molecule has 0 atom stereocenters. The van der Waals surface area contributed by atoms with Gasteiger partial charge in [-0.15, -0.1) is 0 Å². The molecule has 1 N–H and O–H groups in total. The van der Waals surface area contributed by atoms with Crippen LogP contribution in [0.2, 0.25) is 0 Å². The van der Waals surface area contributed by atoms with Crippen LogP contribution in [0.25, 0.3) is 22.2 Å². The molecule has 9 heteroatoms. The molecule has 4 aromatic rings. The fraction of sp³-hybridized carbons (Fsp3) is 0.280. The number of nitrogens with zero attached hydrogens (tertiary/aromatic N) is 5. The highest BCUT2D eigenvalue weighted by molar-refractivity contribution is 6.16. The first kappa shape index (κ1) is 20.7. The molecule has 2 fully saturated rings. The number of nitrogens with one attached hydrogen (secondary N) is 1. The summed E-state index contributed by atoms with van der Waals surface area (Å²) in [5, 5.41) is 0.486. The Hall–Kier alpha value is -3.88. The molecule has 34 heavy (non-hydrogen) atoms. The van der Waals surface area contributed by atoms with E-state index in [1.165, 1.54) is 18.3 Å². The van der Waals surface area contributed by atoms with E-state index in [-0.39, 0.29) is 11.3 Å². The SMILES string of the molecule is O=C(c1c(F)ccc(N2CCCC2)c1F)c1c[nH]c2ncc(-c3cnc(N4CCC4)nc3)cc12. The van der Waals surface area contributed by atoms with Gasteiger partial charge in [-0.2, -0.15) is 0 Å². The summed E-state index contributed by atoms with van der Waals surface area (Å²) in [4.78, 5) is 33.5. The minimum Gasteiger partial charge on any atom is -0.369 e. The van der Waals surface area contributed by atoms with E-state index in [9.17, 15) is 9.18 Å². The summed E-state index contributed by atoms with van der Waals surface area (Å²) >= 11 is 0. The molecule has 0 bridgehead atoms. The number of carbonyl (C=O) groups is 1. The van der Waals surface area contributed by atoms with Crippen molar-refractivity contribution >= 4 is 28.5 Å². The second-order valence-corrected chi connectivity index (χ2v) is 8.71. The Labute approximate surface area is 194 Å². The monoisotopic (exact) mass is 460 g/mol. The van der Waals surface area contributed by atoms with Crippen LogP contribution in [-0.4, -0.2) is 51.9 Å². The quantitative estimate of drug-likeness (QED) is 0.447.